The van der Waals surface area contributed by atoms with Gasteiger partial charge >= 0.3 is 0 Å². The van der Waals surface area contributed by atoms with Crippen molar-refractivity contribution >= 4 is 11.9 Å². The quantitative estimate of drug-likeness (QED) is 0.665. The lowest BCUT2D eigenvalue weighted by Gasteiger charge is -2.15. The molecule has 4 nitrogen and oxygen atoms in total. The molecule has 0 heterocycles. The maximum atomic E-state index is 12.3. The van der Waals surface area contributed by atoms with Crippen molar-refractivity contribution in [2.75, 3.05) is 0 Å². The van der Waals surface area contributed by atoms with Crippen molar-refractivity contribution in [1.29, 1.82) is 0 Å². The third kappa shape index (κ3) is 3.92. The van der Waals surface area contributed by atoms with Crippen LogP contribution in [-0.2, 0) is 11.2 Å². The lowest BCUT2D eigenvalue weighted by atomic mass is 9.89. The van der Waals surface area contributed by atoms with Crippen LogP contribution in [0.15, 0.2) is 59.6 Å². The van der Waals surface area contributed by atoms with Crippen LogP contribution in [0.2, 0.25) is 0 Å². The number of nitrogens with zero attached hydrogens (tertiary/aromatic N) is 1. The van der Waals surface area contributed by atoms with Crippen LogP contribution in [0.1, 0.15) is 22.6 Å². The van der Waals surface area contributed by atoms with E-state index in [1.165, 1.54) is 0 Å². The van der Waals surface area contributed by atoms with E-state index in [0.717, 1.165) is 16.7 Å². The van der Waals surface area contributed by atoms with E-state index < -0.39 is 0 Å². The molecule has 0 aliphatic carbocycles. The van der Waals surface area contributed by atoms with Crippen LogP contribution < -0.4 is 11.5 Å². The number of carbonyl (C=O) groups is 1. The third-order valence-corrected chi connectivity index (χ3v) is 3.42. The Labute approximate surface area is 124 Å². The summed E-state index contributed by atoms with van der Waals surface area (Å²) in [5.41, 5.74) is 13.9. The first kappa shape index (κ1) is 14.8. The van der Waals surface area contributed by atoms with E-state index in [-0.39, 0.29) is 17.8 Å². The minimum absolute atomic E-state index is 0.203. The second-order valence-electron chi connectivity index (χ2n) is 4.97. The Morgan fingerprint density at radius 1 is 1.05 bits per heavy atom. The van der Waals surface area contributed by atoms with Crippen molar-refractivity contribution in [3.8, 4) is 0 Å². The number of rotatable bonds is 4. The van der Waals surface area contributed by atoms with E-state index in [2.05, 4.69) is 4.99 Å². The number of hydrogen-bond donors (Lipinski definition) is 2. The molecule has 0 fully saturated rings. The molecule has 108 valence electrons. The molecule has 0 aliphatic heterocycles. The van der Waals surface area contributed by atoms with Crippen molar-refractivity contribution in [2.24, 2.45) is 16.5 Å². The molecule has 1 atom stereocenters. The van der Waals surface area contributed by atoms with Gasteiger partial charge < -0.3 is 11.5 Å². The SMILES string of the molecule is Cc1ccccc1C[C@H](C(=O)N=C(N)N)c1ccccc1. The molecule has 4 heteroatoms. The molecule has 1 amide bonds. The highest BCUT2D eigenvalue weighted by molar-refractivity contribution is 5.95. The van der Waals surface area contributed by atoms with E-state index in [0.29, 0.717) is 6.42 Å². The van der Waals surface area contributed by atoms with Crippen LogP contribution in [0.5, 0.6) is 0 Å². The number of guanidine groups is 1. The zero-order chi connectivity index (χ0) is 15.2. The van der Waals surface area contributed by atoms with Gasteiger partial charge in [0.1, 0.15) is 0 Å². The molecule has 0 saturated heterocycles. The first-order valence-corrected chi connectivity index (χ1v) is 6.81. The number of carbonyl (C=O) groups excluding carboxylic acids is 1. The Morgan fingerprint density at radius 2 is 1.67 bits per heavy atom. The third-order valence-electron chi connectivity index (χ3n) is 3.42. The summed E-state index contributed by atoms with van der Waals surface area (Å²) in [6.07, 6.45) is 0.576. The smallest absolute Gasteiger partial charge is 0.256 e. The Balaban J connectivity index is 2.35. The molecule has 2 rings (SSSR count). The van der Waals surface area contributed by atoms with E-state index in [9.17, 15) is 4.79 Å². The number of nitrogens with two attached hydrogens (primary N) is 2. The van der Waals surface area contributed by atoms with Crippen LogP contribution in [0.4, 0.5) is 0 Å². The van der Waals surface area contributed by atoms with Gasteiger partial charge in [0.15, 0.2) is 5.96 Å². The fourth-order valence-corrected chi connectivity index (χ4v) is 2.30. The summed E-state index contributed by atoms with van der Waals surface area (Å²) in [4.78, 5) is 16.0. The highest BCUT2D eigenvalue weighted by atomic mass is 16.1. The number of hydrogen-bond acceptors (Lipinski definition) is 1. The van der Waals surface area contributed by atoms with Crippen LogP contribution in [0.25, 0.3) is 0 Å². The van der Waals surface area contributed by atoms with Gasteiger partial charge in [-0.25, -0.2) is 0 Å². The Bertz CT molecular complexity index is 646. The number of aliphatic imine (C=N–C) groups is 1. The van der Waals surface area contributed by atoms with E-state index in [1.807, 2.05) is 61.5 Å². The van der Waals surface area contributed by atoms with Gasteiger partial charge in [0.25, 0.3) is 5.91 Å². The zero-order valence-corrected chi connectivity index (χ0v) is 12.0. The molecule has 2 aromatic carbocycles. The molecule has 0 aliphatic rings. The first-order valence-electron chi connectivity index (χ1n) is 6.81. The van der Waals surface area contributed by atoms with Crippen LogP contribution in [0.3, 0.4) is 0 Å². The van der Waals surface area contributed by atoms with Gasteiger partial charge in [-0.2, -0.15) is 4.99 Å². The normalized spacial score (nSPS) is 11.7. The lowest BCUT2D eigenvalue weighted by molar-refractivity contribution is -0.119. The summed E-state index contributed by atoms with van der Waals surface area (Å²) in [7, 11) is 0. The highest BCUT2D eigenvalue weighted by Gasteiger charge is 2.21. The van der Waals surface area contributed by atoms with Gasteiger partial charge in [-0.3, -0.25) is 4.79 Å². The summed E-state index contributed by atoms with van der Waals surface area (Å²) < 4.78 is 0. The van der Waals surface area contributed by atoms with Gasteiger partial charge in [-0.15, -0.1) is 0 Å². The average molecular weight is 281 g/mol. The van der Waals surface area contributed by atoms with E-state index in [1.54, 1.807) is 0 Å². The van der Waals surface area contributed by atoms with Gasteiger partial charge in [0.05, 0.1) is 5.92 Å². The summed E-state index contributed by atoms with van der Waals surface area (Å²) in [5, 5.41) is 0. The predicted octanol–water partition coefficient (Wildman–Crippen LogP) is 2.12. The highest BCUT2D eigenvalue weighted by Crippen LogP contribution is 2.24. The molecule has 0 saturated carbocycles. The minimum atomic E-state index is -0.380. The predicted molar refractivity (Wildman–Crippen MR) is 84.9 cm³/mol. The topological polar surface area (TPSA) is 81.5 Å². The fraction of sp³-hybridized carbons (Fsp3) is 0.176. The lowest BCUT2D eigenvalue weighted by Crippen LogP contribution is -2.26. The van der Waals surface area contributed by atoms with E-state index in [4.69, 9.17) is 11.5 Å². The van der Waals surface area contributed by atoms with Crippen LogP contribution in [-0.4, -0.2) is 11.9 Å². The molecular weight excluding hydrogens is 262 g/mol. The molecule has 21 heavy (non-hydrogen) atoms. The van der Waals surface area contributed by atoms with Crippen molar-refractivity contribution in [2.45, 2.75) is 19.3 Å². The standard InChI is InChI=1S/C17H19N3O/c1-12-7-5-6-10-14(12)11-15(16(21)20-17(18)19)13-8-3-2-4-9-13/h2-10,15H,11H2,1H3,(H4,18,19,20,21)/t15-/m0/s1. The van der Waals surface area contributed by atoms with Gasteiger partial charge in [-0.05, 0) is 30.0 Å². The van der Waals surface area contributed by atoms with Crippen molar-refractivity contribution in [1.82, 2.24) is 0 Å². The second kappa shape index (κ2) is 6.70. The van der Waals surface area contributed by atoms with Gasteiger partial charge in [0, 0.05) is 0 Å². The second-order valence-corrected chi connectivity index (χ2v) is 4.97. The largest absolute Gasteiger partial charge is 0.370 e. The first-order chi connectivity index (χ1) is 10.1. The number of aryl methyl sites for hydroxylation is 1. The van der Waals surface area contributed by atoms with Crippen molar-refractivity contribution < 1.29 is 4.79 Å². The van der Waals surface area contributed by atoms with E-state index >= 15 is 0 Å². The number of benzene rings is 2. The van der Waals surface area contributed by atoms with Gasteiger partial charge in [-0.1, -0.05) is 54.6 Å². The van der Waals surface area contributed by atoms with Crippen LogP contribution in [0, 0.1) is 6.92 Å². The summed E-state index contributed by atoms with van der Waals surface area (Å²) >= 11 is 0. The monoisotopic (exact) mass is 281 g/mol. The molecule has 0 aromatic heterocycles. The Hall–Kier alpha value is -2.62. The zero-order valence-electron chi connectivity index (χ0n) is 12.0. The molecule has 2 aromatic rings. The summed E-state index contributed by atoms with van der Waals surface area (Å²) in [5.74, 6) is -0.899. The Kier molecular flexibility index (Phi) is 4.72. The van der Waals surface area contributed by atoms with Crippen molar-refractivity contribution in [3.63, 3.8) is 0 Å². The van der Waals surface area contributed by atoms with Gasteiger partial charge in [0.2, 0.25) is 0 Å². The maximum absolute atomic E-state index is 12.3. The fourth-order valence-electron chi connectivity index (χ4n) is 2.30. The molecule has 0 spiro atoms. The molecule has 4 N–H and O–H groups in total. The average Bonchev–Trinajstić information content (AvgIpc) is 2.46. The summed E-state index contributed by atoms with van der Waals surface area (Å²) in [6.45, 7) is 2.03. The van der Waals surface area contributed by atoms with Crippen LogP contribution >= 0.6 is 0 Å². The number of amides is 1. The minimum Gasteiger partial charge on any atom is -0.370 e. The van der Waals surface area contributed by atoms with Crippen molar-refractivity contribution in [3.05, 3.63) is 71.3 Å². The molecule has 0 radical (unpaired) electrons. The molecule has 0 unspecified atom stereocenters. The Morgan fingerprint density at radius 3 is 2.29 bits per heavy atom. The maximum Gasteiger partial charge on any atom is 0.256 e. The molecule has 0 bridgehead atoms. The summed E-state index contributed by atoms with van der Waals surface area (Å²) in [6, 6.07) is 17.6. The molecular formula is C17H19N3O.